The fraction of sp³-hybridized carbons (Fsp3) is 0.667. The van der Waals surface area contributed by atoms with Crippen molar-refractivity contribution in [1.29, 1.82) is 0 Å². The van der Waals surface area contributed by atoms with Crippen LogP contribution in [0.5, 0.6) is 0 Å². The summed E-state index contributed by atoms with van der Waals surface area (Å²) in [6, 6.07) is 0. The molecule has 0 aromatic heterocycles. The lowest BCUT2D eigenvalue weighted by atomic mass is 10.0. The number of rotatable bonds is 1. The van der Waals surface area contributed by atoms with E-state index in [9.17, 15) is 4.79 Å². The van der Waals surface area contributed by atoms with Crippen molar-refractivity contribution in [2.75, 3.05) is 11.5 Å². The van der Waals surface area contributed by atoms with Gasteiger partial charge in [0.1, 0.15) is 0 Å². The predicted octanol–water partition coefficient (Wildman–Crippen LogP) is 1.61. The maximum Gasteiger partial charge on any atom is 0.381 e. The minimum Gasteiger partial charge on any atom is -0.472 e. The van der Waals surface area contributed by atoms with E-state index in [1.54, 1.807) is 0 Å². The van der Waals surface area contributed by atoms with Gasteiger partial charge < -0.3 is 5.11 Å². The average molecular weight is 184 g/mol. The third kappa shape index (κ3) is 3.68. The van der Waals surface area contributed by atoms with Crippen molar-refractivity contribution >= 4 is 17.7 Å². The van der Waals surface area contributed by atoms with E-state index < -0.39 is 5.97 Å². The Labute approximate surface area is 76.7 Å². The molecule has 0 aromatic rings. The fourth-order valence-corrected chi connectivity index (χ4v) is 2.39. The lowest BCUT2D eigenvalue weighted by molar-refractivity contribution is -0.130. The van der Waals surface area contributed by atoms with Crippen molar-refractivity contribution in [3.63, 3.8) is 0 Å². The van der Waals surface area contributed by atoms with Gasteiger partial charge in [0.2, 0.25) is 0 Å². The molecule has 1 aliphatic heterocycles. The fourth-order valence-electron chi connectivity index (χ4n) is 1.24. The van der Waals surface area contributed by atoms with Crippen LogP contribution in [0.1, 0.15) is 19.3 Å². The SMILES string of the molecule is O=C(O)C#CCC1CCCSC1. The van der Waals surface area contributed by atoms with Gasteiger partial charge in [-0.1, -0.05) is 5.92 Å². The molecule has 0 radical (unpaired) electrons. The van der Waals surface area contributed by atoms with Crippen LogP contribution in [0.2, 0.25) is 0 Å². The van der Waals surface area contributed by atoms with Gasteiger partial charge in [-0.3, -0.25) is 0 Å². The second kappa shape index (κ2) is 5.10. The summed E-state index contributed by atoms with van der Waals surface area (Å²) < 4.78 is 0. The molecule has 1 rings (SSSR count). The normalized spacial score (nSPS) is 22.5. The highest BCUT2D eigenvalue weighted by atomic mass is 32.2. The monoisotopic (exact) mass is 184 g/mol. The van der Waals surface area contributed by atoms with Crippen LogP contribution in [-0.2, 0) is 4.79 Å². The Morgan fingerprint density at radius 1 is 1.67 bits per heavy atom. The molecule has 1 aliphatic rings. The first-order valence-corrected chi connectivity index (χ1v) is 5.24. The number of thioether (sulfide) groups is 1. The Hall–Kier alpha value is -0.620. The Bertz CT molecular complexity index is 208. The minimum atomic E-state index is -1.02. The number of hydrogen-bond acceptors (Lipinski definition) is 2. The summed E-state index contributed by atoms with van der Waals surface area (Å²) in [5.41, 5.74) is 0. The van der Waals surface area contributed by atoms with Gasteiger partial charge in [0.25, 0.3) is 0 Å². The maximum atomic E-state index is 10.1. The van der Waals surface area contributed by atoms with Crippen LogP contribution in [0.15, 0.2) is 0 Å². The summed E-state index contributed by atoms with van der Waals surface area (Å²) in [4.78, 5) is 10.1. The second-order valence-electron chi connectivity index (χ2n) is 2.89. The Morgan fingerprint density at radius 2 is 2.50 bits per heavy atom. The first-order chi connectivity index (χ1) is 5.79. The van der Waals surface area contributed by atoms with E-state index >= 15 is 0 Å². The van der Waals surface area contributed by atoms with E-state index in [4.69, 9.17) is 5.11 Å². The van der Waals surface area contributed by atoms with E-state index in [1.165, 1.54) is 18.6 Å². The van der Waals surface area contributed by atoms with Gasteiger partial charge in [-0.05, 0) is 30.3 Å². The van der Waals surface area contributed by atoms with Crippen molar-refractivity contribution in [1.82, 2.24) is 0 Å². The van der Waals surface area contributed by atoms with E-state index in [0.717, 1.165) is 12.2 Å². The summed E-state index contributed by atoms with van der Waals surface area (Å²) in [5.74, 6) is 6.85. The third-order valence-electron chi connectivity index (χ3n) is 1.84. The molecule has 1 saturated heterocycles. The van der Waals surface area contributed by atoms with Gasteiger partial charge in [-0.2, -0.15) is 11.8 Å². The zero-order valence-corrected chi connectivity index (χ0v) is 7.69. The zero-order chi connectivity index (χ0) is 8.81. The summed E-state index contributed by atoms with van der Waals surface area (Å²) in [7, 11) is 0. The number of carboxylic acid groups (broad SMARTS) is 1. The largest absolute Gasteiger partial charge is 0.472 e. The number of hydrogen-bond donors (Lipinski definition) is 1. The Kier molecular flexibility index (Phi) is 4.02. The molecule has 66 valence electrons. The standard InChI is InChI=1S/C9H12O2S/c10-9(11)5-1-3-8-4-2-6-12-7-8/h8H,2-4,6-7H2,(H,10,11). The number of aliphatic carboxylic acids is 1. The molecule has 1 atom stereocenters. The molecule has 0 saturated carbocycles. The average Bonchev–Trinajstić information content (AvgIpc) is 2.05. The molecule has 1 unspecified atom stereocenters. The summed E-state index contributed by atoms with van der Waals surface area (Å²) in [6.07, 6.45) is 3.21. The van der Waals surface area contributed by atoms with E-state index in [2.05, 4.69) is 11.8 Å². The molecule has 2 nitrogen and oxygen atoms in total. The van der Waals surface area contributed by atoms with Crippen molar-refractivity contribution in [2.45, 2.75) is 19.3 Å². The van der Waals surface area contributed by atoms with Gasteiger partial charge in [0.05, 0.1) is 0 Å². The molecule has 1 heterocycles. The summed E-state index contributed by atoms with van der Waals surface area (Å²) >= 11 is 1.95. The predicted molar refractivity (Wildman–Crippen MR) is 50.1 cm³/mol. The quantitative estimate of drug-likeness (QED) is 0.629. The van der Waals surface area contributed by atoms with Gasteiger partial charge in [-0.25, -0.2) is 4.79 Å². The highest BCUT2D eigenvalue weighted by Crippen LogP contribution is 2.24. The molecule has 0 bridgehead atoms. The molecular weight excluding hydrogens is 172 g/mol. The molecule has 1 N–H and O–H groups in total. The smallest absolute Gasteiger partial charge is 0.381 e. The Morgan fingerprint density at radius 3 is 3.08 bits per heavy atom. The number of carbonyl (C=O) groups is 1. The van der Waals surface area contributed by atoms with E-state index in [0.29, 0.717) is 5.92 Å². The Balaban J connectivity index is 2.22. The van der Waals surface area contributed by atoms with Crippen LogP contribution < -0.4 is 0 Å². The maximum absolute atomic E-state index is 10.1. The van der Waals surface area contributed by atoms with Crippen molar-refractivity contribution in [3.8, 4) is 11.8 Å². The molecule has 1 fully saturated rings. The zero-order valence-electron chi connectivity index (χ0n) is 6.88. The van der Waals surface area contributed by atoms with Gasteiger partial charge in [0, 0.05) is 12.3 Å². The first kappa shape index (κ1) is 9.47. The molecule has 12 heavy (non-hydrogen) atoms. The second-order valence-corrected chi connectivity index (χ2v) is 4.04. The topological polar surface area (TPSA) is 37.3 Å². The molecule has 3 heteroatoms. The third-order valence-corrected chi connectivity index (χ3v) is 3.13. The molecule has 0 aliphatic carbocycles. The van der Waals surface area contributed by atoms with Crippen LogP contribution in [0.25, 0.3) is 0 Å². The molecule has 0 aromatic carbocycles. The van der Waals surface area contributed by atoms with Gasteiger partial charge in [-0.15, -0.1) is 0 Å². The molecule has 0 spiro atoms. The van der Waals surface area contributed by atoms with Gasteiger partial charge >= 0.3 is 5.97 Å². The number of carboxylic acids is 1. The minimum absolute atomic E-state index is 0.621. The summed E-state index contributed by atoms with van der Waals surface area (Å²) in [5, 5.41) is 8.26. The highest BCUT2D eigenvalue weighted by Gasteiger charge is 2.11. The first-order valence-electron chi connectivity index (χ1n) is 4.08. The lowest BCUT2D eigenvalue weighted by Crippen LogP contribution is -2.09. The van der Waals surface area contributed by atoms with Crippen LogP contribution in [0.4, 0.5) is 0 Å². The van der Waals surface area contributed by atoms with Crippen LogP contribution in [0.3, 0.4) is 0 Å². The van der Waals surface area contributed by atoms with E-state index in [1.807, 2.05) is 11.8 Å². The van der Waals surface area contributed by atoms with Crippen LogP contribution in [-0.4, -0.2) is 22.6 Å². The van der Waals surface area contributed by atoms with E-state index in [-0.39, 0.29) is 0 Å². The van der Waals surface area contributed by atoms with Crippen molar-refractivity contribution in [3.05, 3.63) is 0 Å². The van der Waals surface area contributed by atoms with Crippen LogP contribution in [0, 0.1) is 17.8 Å². The van der Waals surface area contributed by atoms with Gasteiger partial charge in [0.15, 0.2) is 0 Å². The molecular formula is C9H12O2S. The molecule has 0 amide bonds. The van der Waals surface area contributed by atoms with Crippen molar-refractivity contribution in [2.24, 2.45) is 5.92 Å². The highest BCUT2D eigenvalue weighted by molar-refractivity contribution is 7.99. The summed E-state index contributed by atoms with van der Waals surface area (Å²) in [6.45, 7) is 0. The lowest BCUT2D eigenvalue weighted by Gasteiger charge is -2.18. The van der Waals surface area contributed by atoms with Crippen LogP contribution >= 0.6 is 11.8 Å². The van der Waals surface area contributed by atoms with Crippen molar-refractivity contribution < 1.29 is 9.90 Å².